The maximum Gasteiger partial charge on any atom is 2.00 e. The Bertz CT molecular complexity index is 1300. The molecule has 4 heteroatoms. The van der Waals surface area contributed by atoms with Crippen LogP contribution in [0, 0.1) is 6.07 Å². The molecule has 3 nitrogen and oxygen atoms in total. The average molecular weight is 593 g/mol. The quantitative estimate of drug-likeness (QED) is 0.197. The monoisotopic (exact) mass is 592 g/mol. The molecule has 0 spiro atoms. The summed E-state index contributed by atoms with van der Waals surface area (Å²) in [6.45, 7) is 0. The van der Waals surface area contributed by atoms with Gasteiger partial charge in [-0.3, -0.25) is 9.97 Å². The van der Waals surface area contributed by atoms with Crippen molar-refractivity contribution >= 4 is 11.4 Å². The van der Waals surface area contributed by atoms with Gasteiger partial charge < -0.3 is 5.32 Å². The van der Waals surface area contributed by atoms with Crippen LogP contribution in [0.3, 0.4) is 0 Å². The Labute approximate surface area is 202 Å². The summed E-state index contributed by atoms with van der Waals surface area (Å²) in [4.78, 5) is 9.39. The van der Waals surface area contributed by atoms with Gasteiger partial charge in [0.2, 0.25) is 0 Å². The van der Waals surface area contributed by atoms with Gasteiger partial charge in [0.1, 0.15) is 0 Å². The van der Waals surface area contributed by atoms with E-state index in [1.165, 1.54) is 0 Å². The van der Waals surface area contributed by atoms with E-state index in [4.69, 9.17) is 10.3 Å². The fourth-order valence-corrected chi connectivity index (χ4v) is 3.51. The number of pyridine rings is 2. The van der Waals surface area contributed by atoms with Gasteiger partial charge in [-0.2, -0.15) is 0 Å². The van der Waals surface area contributed by atoms with Gasteiger partial charge >= 0.3 is 21.1 Å². The normalized spacial score (nSPS) is 10.2. The molecule has 3 aromatic carbocycles. The van der Waals surface area contributed by atoms with Crippen LogP contribution in [0.1, 0.15) is 0 Å². The van der Waals surface area contributed by atoms with Crippen molar-refractivity contribution in [2.45, 2.75) is 0 Å². The number of benzene rings is 3. The Morgan fingerprint density at radius 3 is 1.88 bits per heavy atom. The molecule has 0 radical (unpaired) electrons. The van der Waals surface area contributed by atoms with Crippen molar-refractivity contribution in [3.63, 3.8) is 0 Å². The van der Waals surface area contributed by atoms with Crippen molar-refractivity contribution in [1.29, 1.82) is 0 Å². The fraction of sp³-hybridized carbons (Fsp3) is 0. The maximum atomic E-state index is 5.01. The van der Waals surface area contributed by atoms with Crippen LogP contribution in [0.15, 0.2) is 115 Å². The number of hydrogen-bond donors (Lipinski definition) is 0. The molecular weight excluding hydrogens is 573 g/mol. The third kappa shape index (κ3) is 4.69. The number of hydrogen-bond acceptors (Lipinski definition) is 2. The van der Waals surface area contributed by atoms with Gasteiger partial charge in [-0.05, 0) is 35.0 Å². The number of aromatic nitrogens is 2. The van der Waals surface area contributed by atoms with E-state index < -0.39 is 0 Å². The molecule has 0 amide bonds. The Hall–Kier alpha value is -3.55. The maximum absolute atomic E-state index is 5.01. The molecule has 156 valence electrons. The summed E-state index contributed by atoms with van der Waals surface area (Å²) in [7, 11) is 0. The molecule has 0 aliphatic rings. The van der Waals surface area contributed by atoms with Gasteiger partial charge in [-0.25, -0.2) is 0 Å². The van der Waals surface area contributed by atoms with Crippen molar-refractivity contribution in [1.82, 2.24) is 9.97 Å². The number of rotatable bonds is 5. The zero-order valence-electron chi connectivity index (χ0n) is 17.1. The van der Waals surface area contributed by atoms with E-state index >= 15 is 0 Å². The van der Waals surface area contributed by atoms with Gasteiger partial charge in [0.05, 0.1) is 11.4 Å². The standard InChI is InChI=1S/C28H19N3.Pt/c1-2-11-21(12-3-1)24-18-10-19-28(30-24)23-14-5-7-17-27(23)31-26-16-6-4-13-22(26)25-15-8-9-20-29-25;/h1-11,13-20H;/q-2;+2. The first-order valence-electron chi connectivity index (χ1n) is 10.1. The van der Waals surface area contributed by atoms with Crippen molar-refractivity contribution < 1.29 is 21.1 Å². The van der Waals surface area contributed by atoms with Crippen LogP contribution < -0.4 is 0 Å². The van der Waals surface area contributed by atoms with E-state index in [9.17, 15) is 0 Å². The van der Waals surface area contributed by atoms with Gasteiger partial charge in [0.15, 0.2) is 0 Å². The van der Waals surface area contributed by atoms with E-state index in [0.29, 0.717) is 0 Å². The molecule has 2 aromatic heterocycles. The summed E-state index contributed by atoms with van der Waals surface area (Å²) in [5, 5.41) is 5.01. The van der Waals surface area contributed by atoms with E-state index in [1.807, 2.05) is 103 Å². The third-order valence-corrected chi connectivity index (χ3v) is 5.00. The van der Waals surface area contributed by atoms with E-state index in [0.717, 1.165) is 45.1 Å². The molecule has 5 rings (SSSR count). The predicted octanol–water partition coefficient (Wildman–Crippen LogP) is 7.61. The van der Waals surface area contributed by atoms with Gasteiger partial charge in [0.25, 0.3) is 0 Å². The van der Waals surface area contributed by atoms with E-state index in [-0.39, 0.29) is 21.1 Å². The Balaban J connectivity index is 0.00000245. The SMILES string of the molecule is [Pt+2].[c-]1ccccc1-c1cccc(-c2ccccc2[N-]c2ccccc2-c2ccccn2)n1. The Morgan fingerprint density at radius 1 is 0.562 bits per heavy atom. The smallest absolute Gasteiger partial charge is 0.657 e. The molecule has 0 aliphatic heterocycles. The molecule has 5 aromatic rings. The summed E-state index contributed by atoms with van der Waals surface area (Å²) < 4.78 is 0. The van der Waals surface area contributed by atoms with Gasteiger partial charge in [0, 0.05) is 6.20 Å². The molecule has 0 bridgehead atoms. The van der Waals surface area contributed by atoms with Crippen molar-refractivity contribution in [3.05, 3.63) is 127 Å². The summed E-state index contributed by atoms with van der Waals surface area (Å²) in [6, 6.07) is 39.3. The van der Waals surface area contributed by atoms with E-state index in [2.05, 4.69) is 17.1 Å². The molecular formula is C28H19N3Pt. The fourth-order valence-electron chi connectivity index (χ4n) is 3.51. The minimum absolute atomic E-state index is 0. The molecule has 0 saturated carbocycles. The Morgan fingerprint density at radius 2 is 1.19 bits per heavy atom. The summed E-state index contributed by atoms with van der Waals surface area (Å²) in [5.74, 6) is 0. The minimum atomic E-state index is 0. The van der Waals surface area contributed by atoms with Crippen molar-refractivity contribution in [2.24, 2.45) is 0 Å². The molecule has 32 heavy (non-hydrogen) atoms. The molecule has 0 saturated heterocycles. The third-order valence-electron chi connectivity index (χ3n) is 5.00. The van der Waals surface area contributed by atoms with Crippen molar-refractivity contribution in [2.75, 3.05) is 0 Å². The first kappa shape index (κ1) is 21.7. The molecule has 0 aliphatic carbocycles. The van der Waals surface area contributed by atoms with Crippen LogP contribution in [0.5, 0.6) is 0 Å². The summed E-state index contributed by atoms with van der Waals surface area (Å²) in [5.41, 5.74) is 7.37. The topological polar surface area (TPSA) is 39.9 Å². The molecule has 0 atom stereocenters. The zero-order valence-corrected chi connectivity index (χ0v) is 19.4. The molecule has 0 fully saturated rings. The first-order valence-corrected chi connectivity index (χ1v) is 10.1. The zero-order chi connectivity index (χ0) is 20.9. The summed E-state index contributed by atoms with van der Waals surface area (Å²) >= 11 is 0. The largest absolute Gasteiger partial charge is 2.00 e. The molecule has 0 unspecified atom stereocenters. The Kier molecular flexibility index (Phi) is 6.89. The van der Waals surface area contributed by atoms with Crippen LogP contribution >= 0.6 is 0 Å². The van der Waals surface area contributed by atoms with Crippen LogP contribution in [0.4, 0.5) is 11.4 Å². The second kappa shape index (κ2) is 10.2. The summed E-state index contributed by atoms with van der Waals surface area (Å²) in [6.07, 6.45) is 1.80. The van der Waals surface area contributed by atoms with Crippen molar-refractivity contribution in [3.8, 4) is 33.8 Å². The number of nitrogens with zero attached hydrogens (tertiary/aromatic N) is 3. The second-order valence-corrected chi connectivity index (χ2v) is 7.05. The van der Waals surface area contributed by atoms with E-state index in [1.54, 1.807) is 6.20 Å². The van der Waals surface area contributed by atoms with Gasteiger partial charge in [-0.1, -0.05) is 66.7 Å². The molecule has 2 heterocycles. The van der Waals surface area contributed by atoms with Crippen LogP contribution in [-0.2, 0) is 21.1 Å². The van der Waals surface area contributed by atoms with Crippen LogP contribution in [0.2, 0.25) is 0 Å². The first-order chi connectivity index (χ1) is 15.4. The average Bonchev–Trinajstić information content (AvgIpc) is 2.86. The minimum Gasteiger partial charge on any atom is -0.657 e. The van der Waals surface area contributed by atoms with Gasteiger partial charge in [-0.15, -0.1) is 47.3 Å². The molecule has 0 N–H and O–H groups in total. The predicted molar refractivity (Wildman–Crippen MR) is 126 cm³/mol. The van der Waals surface area contributed by atoms with Crippen LogP contribution in [-0.4, -0.2) is 9.97 Å². The number of para-hydroxylation sites is 2. The van der Waals surface area contributed by atoms with Crippen LogP contribution in [0.25, 0.3) is 39.1 Å². The second-order valence-electron chi connectivity index (χ2n) is 7.05.